The largest absolute Gasteiger partial charge is 0.481 e. The zero-order chi connectivity index (χ0) is 30.6. The van der Waals surface area contributed by atoms with Crippen LogP contribution >= 0.6 is 0 Å². The minimum atomic E-state index is -0.802. The highest BCUT2D eigenvalue weighted by atomic mass is 16.4. The van der Waals surface area contributed by atoms with E-state index in [1.165, 1.54) is 0 Å². The summed E-state index contributed by atoms with van der Waals surface area (Å²) in [6.45, 7) is 0. The Morgan fingerprint density at radius 3 is 1.20 bits per heavy atom. The number of hydrogen-bond donors (Lipinski definition) is 1. The van der Waals surface area contributed by atoms with Crippen molar-refractivity contribution in [3.8, 4) is 0 Å². The second kappa shape index (κ2) is 12.4. The Bertz CT molecular complexity index is 2000. The highest BCUT2D eigenvalue weighted by molar-refractivity contribution is 6.23. The molecule has 1 N–H and O–H groups in total. The Hall–Kier alpha value is -5.87. The molecule has 0 bridgehead atoms. The second-order valence-electron chi connectivity index (χ2n) is 11.0. The van der Waals surface area contributed by atoms with Crippen molar-refractivity contribution >= 4 is 61.6 Å². The molecule has 0 saturated heterocycles. The summed E-state index contributed by atoms with van der Waals surface area (Å²) in [6.07, 6.45) is 0.521. The van der Waals surface area contributed by atoms with Gasteiger partial charge in [0.05, 0.1) is 11.4 Å². The van der Waals surface area contributed by atoms with Gasteiger partial charge in [-0.25, -0.2) is 0 Å². The lowest BCUT2D eigenvalue weighted by Crippen LogP contribution is -2.14. The van der Waals surface area contributed by atoms with E-state index in [4.69, 9.17) is 0 Å². The molecule has 0 unspecified atom stereocenters. The fourth-order valence-electron chi connectivity index (χ4n) is 6.19. The van der Waals surface area contributed by atoms with E-state index in [-0.39, 0.29) is 6.42 Å². The van der Waals surface area contributed by atoms with E-state index < -0.39 is 5.97 Å². The van der Waals surface area contributed by atoms with Crippen molar-refractivity contribution in [3.63, 3.8) is 0 Å². The third kappa shape index (κ3) is 5.50. The van der Waals surface area contributed by atoms with Gasteiger partial charge in [0.2, 0.25) is 0 Å². The van der Waals surface area contributed by atoms with Gasteiger partial charge in [-0.3, -0.25) is 4.79 Å². The lowest BCUT2D eigenvalue weighted by molar-refractivity contribution is -0.136. The topological polar surface area (TPSA) is 43.8 Å². The fraction of sp³-hybridized carbons (Fsp3) is 0.0488. The van der Waals surface area contributed by atoms with Gasteiger partial charge < -0.3 is 14.9 Å². The Morgan fingerprint density at radius 2 is 0.800 bits per heavy atom. The number of rotatable bonds is 9. The van der Waals surface area contributed by atoms with Crippen LogP contribution in [0.25, 0.3) is 21.5 Å². The molecule has 45 heavy (non-hydrogen) atoms. The van der Waals surface area contributed by atoms with Crippen molar-refractivity contribution in [3.05, 3.63) is 169 Å². The summed E-state index contributed by atoms with van der Waals surface area (Å²) >= 11 is 0. The maximum atomic E-state index is 11.6. The predicted molar refractivity (Wildman–Crippen MR) is 187 cm³/mol. The summed E-state index contributed by atoms with van der Waals surface area (Å²) in [7, 11) is 0. The number of aryl methyl sites for hydroxylation is 1. The quantitative estimate of drug-likeness (QED) is 0.135. The van der Waals surface area contributed by atoms with Crippen LogP contribution in [0.3, 0.4) is 0 Å². The highest BCUT2D eigenvalue weighted by Crippen LogP contribution is 2.51. The summed E-state index contributed by atoms with van der Waals surface area (Å²) in [5.74, 6) is -0.802. The number of para-hydroxylation sites is 4. The van der Waals surface area contributed by atoms with Gasteiger partial charge in [-0.05, 0) is 66.6 Å². The minimum absolute atomic E-state index is 0.0719. The number of benzene rings is 7. The molecule has 0 heterocycles. The van der Waals surface area contributed by atoms with Gasteiger partial charge in [-0.2, -0.15) is 0 Å². The third-order valence-electron chi connectivity index (χ3n) is 8.16. The van der Waals surface area contributed by atoms with Gasteiger partial charge in [0.15, 0.2) is 0 Å². The number of hydrogen-bond acceptors (Lipinski definition) is 3. The van der Waals surface area contributed by atoms with Crippen molar-refractivity contribution in [2.24, 2.45) is 0 Å². The summed E-state index contributed by atoms with van der Waals surface area (Å²) in [5, 5.41) is 13.9. The van der Waals surface area contributed by atoms with Crippen LogP contribution in [0.1, 0.15) is 12.0 Å². The Balaban J connectivity index is 1.62. The van der Waals surface area contributed by atoms with Gasteiger partial charge in [-0.1, -0.05) is 109 Å². The van der Waals surface area contributed by atoms with Crippen LogP contribution in [0.4, 0.5) is 34.1 Å². The van der Waals surface area contributed by atoms with Crippen molar-refractivity contribution in [2.75, 3.05) is 9.80 Å². The average Bonchev–Trinajstić information content (AvgIpc) is 3.10. The van der Waals surface area contributed by atoms with E-state index in [0.29, 0.717) is 6.42 Å². The molecule has 7 rings (SSSR count). The molecule has 0 radical (unpaired) electrons. The van der Waals surface area contributed by atoms with Gasteiger partial charge >= 0.3 is 5.97 Å². The van der Waals surface area contributed by atoms with Crippen LogP contribution in [0.5, 0.6) is 0 Å². The molecule has 4 nitrogen and oxygen atoms in total. The zero-order valence-electron chi connectivity index (χ0n) is 24.8. The molecule has 4 heteroatoms. The van der Waals surface area contributed by atoms with E-state index >= 15 is 0 Å². The molecule has 0 saturated carbocycles. The number of anilines is 6. The van der Waals surface area contributed by atoms with Crippen LogP contribution in [-0.4, -0.2) is 11.1 Å². The van der Waals surface area contributed by atoms with Gasteiger partial charge in [0, 0.05) is 50.7 Å². The molecular weight excluding hydrogens is 552 g/mol. The molecule has 0 aliphatic heterocycles. The van der Waals surface area contributed by atoms with E-state index in [9.17, 15) is 9.90 Å². The molecule has 0 aromatic heterocycles. The van der Waals surface area contributed by atoms with Crippen molar-refractivity contribution in [2.45, 2.75) is 12.8 Å². The number of aliphatic carboxylic acids is 1. The molecule has 0 fully saturated rings. The lowest BCUT2D eigenvalue weighted by Gasteiger charge is -2.33. The van der Waals surface area contributed by atoms with Crippen LogP contribution in [0, 0.1) is 0 Å². The Morgan fingerprint density at radius 1 is 0.444 bits per heavy atom. The number of carbonyl (C=O) groups is 1. The van der Waals surface area contributed by atoms with Crippen LogP contribution in [0.15, 0.2) is 164 Å². The molecule has 0 atom stereocenters. The van der Waals surface area contributed by atoms with Crippen molar-refractivity contribution < 1.29 is 9.90 Å². The molecule has 218 valence electrons. The lowest BCUT2D eigenvalue weighted by atomic mass is 9.93. The summed E-state index contributed by atoms with van der Waals surface area (Å²) in [4.78, 5) is 16.3. The first-order chi connectivity index (χ1) is 22.2. The monoisotopic (exact) mass is 584 g/mol. The van der Waals surface area contributed by atoms with Crippen LogP contribution in [-0.2, 0) is 11.2 Å². The van der Waals surface area contributed by atoms with E-state index in [1.807, 2.05) is 24.3 Å². The molecule has 7 aromatic carbocycles. The number of carboxylic acid groups (broad SMARTS) is 1. The molecule has 0 aliphatic rings. The number of nitrogens with zero attached hydrogens (tertiary/aromatic N) is 2. The summed E-state index contributed by atoms with van der Waals surface area (Å²) in [6, 6.07) is 56.8. The highest BCUT2D eigenvalue weighted by Gasteiger charge is 2.25. The standard InChI is InChI=1S/C41H32N2O2/c44-39(45)28-26-30-25-27-37-38(29-30)41(43(33-19-9-3-10-20-33)34-21-11-4-12-22-34)36-24-14-13-23-35(36)40(37)42(31-15-5-1-6-16-31)32-17-7-2-8-18-32/h1-25,27,29H,26,28H2,(H,44,45). The second-order valence-corrected chi connectivity index (χ2v) is 11.0. The third-order valence-corrected chi connectivity index (χ3v) is 8.16. The predicted octanol–water partition coefficient (Wildman–Crippen LogP) is 10.9. The van der Waals surface area contributed by atoms with E-state index in [2.05, 4.69) is 149 Å². The Kier molecular flexibility index (Phi) is 7.69. The maximum absolute atomic E-state index is 11.6. The van der Waals surface area contributed by atoms with Crippen molar-refractivity contribution in [1.82, 2.24) is 0 Å². The first-order valence-electron chi connectivity index (χ1n) is 15.2. The number of carboxylic acids is 1. The van der Waals surface area contributed by atoms with Crippen LogP contribution in [0.2, 0.25) is 0 Å². The molecule has 0 spiro atoms. The van der Waals surface area contributed by atoms with Crippen LogP contribution < -0.4 is 9.80 Å². The first kappa shape index (κ1) is 27.9. The SMILES string of the molecule is O=C(O)CCc1ccc2c(N(c3ccccc3)c3ccccc3)c3ccccc3c(N(c3ccccc3)c3ccccc3)c2c1. The molecule has 0 aliphatic carbocycles. The maximum Gasteiger partial charge on any atom is 0.303 e. The van der Waals surface area contributed by atoms with Gasteiger partial charge in [-0.15, -0.1) is 0 Å². The zero-order valence-corrected chi connectivity index (χ0v) is 24.8. The average molecular weight is 585 g/mol. The van der Waals surface area contributed by atoms with E-state index in [1.54, 1.807) is 0 Å². The fourth-order valence-corrected chi connectivity index (χ4v) is 6.19. The normalized spacial score (nSPS) is 11.0. The number of fused-ring (bicyclic) bond motifs is 2. The molecular formula is C41H32N2O2. The molecule has 0 amide bonds. The molecule has 7 aromatic rings. The minimum Gasteiger partial charge on any atom is -0.481 e. The smallest absolute Gasteiger partial charge is 0.303 e. The van der Waals surface area contributed by atoms with Gasteiger partial charge in [0.1, 0.15) is 0 Å². The first-order valence-corrected chi connectivity index (χ1v) is 15.2. The summed E-state index contributed by atoms with van der Waals surface area (Å²) < 4.78 is 0. The van der Waals surface area contributed by atoms with Crippen molar-refractivity contribution in [1.29, 1.82) is 0 Å². The Labute approximate surface area is 263 Å². The van der Waals surface area contributed by atoms with Gasteiger partial charge in [0.25, 0.3) is 0 Å². The summed E-state index contributed by atoms with van der Waals surface area (Å²) in [5.41, 5.74) is 7.32. The van der Waals surface area contributed by atoms with E-state index in [0.717, 1.165) is 61.2 Å².